The summed E-state index contributed by atoms with van der Waals surface area (Å²) < 4.78 is 11.5. The Balaban J connectivity index is 1.64. The third-order valence-corrected chi connectivity index (χ3v) is 4.44. The minimum absolute atomic E-state index is 0.167. The molecule has 22 heavy (non-hydrogen) atoms. The van der Waals surface area contributed by atoms with Crippen molar-refractivity contribution in [2.75, 3.05) is 37.8 Å². The Morgan fingerprint density at radius 1 is 1.23 bits per heavy atom. The van der Waals surface area contributed by atoms with Crippen molar-refractivity contribution < 1.29 is 9.47 Å². The van der Waals surface area contributed by atoms with E-state index in [4.69, 9.17) is 19.7 Å². The first-order valence-corrected chi connectivity index (χ1v) is 7.56. The Labute approximate surface area is 129 Å². The third-order valence-electron chi connectivity index (χ3n) is 4.44. The second kappa shape index (κ2) is 5.24. The van der Waals surface area contributed by atoms with Gasteiger partial charge in [-0.2, -0.15) is 5.26 Å². The van der Waals surface area contributed by atoms with Gasteiger partial charge in [0.2, 0.25) is 0 Å². The predicted octanol–water partition coefficient (Wildman–Crippen LogP) is 2.10. The number of aromatic nitrogens is 1. The summed E-state index contributed by atoms with van der Waals surface area (Å²) in [6.07, 6.45) is 0.947. The van der Waals surface area contributed by atoms with Gasteiger partial charge in [-0.15, -0.1) is 0 Å². The van der Waals surface area contributed by atoms with Gasteiger partial charge in [0.05, 0.1) is 36.9 Å². The molecule has 0 radical (unpaired) electrons. The van der Waals surface area contributed by atoms with Gasteiger partial charge in [0.25, 0.3) is 0 Å². The average molecular weight is 295 g/mol. The van der Waals surface area contributed by atoms with Gasteiger partial charge in [0.15, 0.2) is 0 Å². The van der Waals surface area contributed by atoms with Crippen LogP contribution in [0.5, 0.6) is 0 Å². The van der Waals surface area contributed by atoms with Crippen molar-refractivity contribution in [3.8, 4) is 6.07 Å². The first-order chi connectivity index (χ1) is 10.8. The van der Waals surface area contributed by atoms with Gasteiger partial charge < -0.3 is 14.4 Å². The number of anilines is 1. The second-order valence-electron chi connectivity index (χ2n) is 5.94. The van der Waals surface area contributed by atoms with E-state index in [1.807, 2.05) is 30.3 Å². The van der Waals surface area contributed by atoms with Gasteiger partial charge in [-0.25, -0.2) is 4.98 Å². The normalized spacial score (nSPS) is 24.8. The van der Waals surface area contributed by atoms with Crippen molar-refractivity contribution in [2.45, 2.75) is 12.0 Å². The van der Waals surface area contributed by atoms with E-state index >= 15 is 0 Å². The van der Waals surface area contributed by atoms with E-state index in [2.05, 4.69) is 11.0 Å². The molecule has 1 atom stereocenters. The van der Waals surface area contributed by atoms with Gasteiger partial charge in [0, 0.05) is 25.0 Å². The lowest BCUT2D eigenvalue weighted by Crippen LogP contribution is -2.52. The molecule has 3 heterocycles. The van der Waals surface area contributed by atoms with Crippen molar-refractivity contribution in [3.63, 3.8) is 0 Å². The highest BCUT2D eigenvalue weighted by Gasteiger charge is 2.40. The van der Waals surface area contributed by atoms with Gasteiger partial charge in [-0.3, -0.25) is 0 Å². The molecule has 2 fully saturated rings. The number of nitriles is 1. The van der Waals surface area contributed by atoms with Gasteiger partial charge in [0.1, 0.15) is 11.4 Å². The van der Waals surface area contributed by atoms with E-state index in [9.17, 15) is 0 Å². The molecule has 1 spiro atoms. The molecule has 4 rings (SSSR count). The zero-order chi connectivity index (χ0) is 15.0. The zero-order valence-corrected chi connectivity index (χ0v) is 12.3. The van der Waals surface area contributed by atoms with E-state index in [1.165, 1.54) is 0 Å². The lowest BCUT2D eigenvalue weighted by molar-refractivity contribution is -0.0581. The Morgan fingerprint density at radius 3 is 3.00 bits per heavy atom. The Bertz CT molecular complexity index is 747. The van der Waals surface area contributed by atoms with Gasteiger partial charge >= 0.3 is 0 Å². The van der Waals surface area contributed by atoms with E-state index in [-0.39, 0.29) is 5.60 Å². The highest BCUT2D eigenvalue weighted by molar-refractivity contribution is 5.81. The summed E-state index contributed by atoms with van der Waals surface area (Å²) in [5, 5.41) is 9.96. The number of morpholine rings is 1. The fourth-order valence-corrected chi connectivity index (χ4v) is 3.23. The number of ether oxygens (including phenoxy) is 2. The lowest BCUT2D eigenvalue weighted by Gasteiger charge is -2.40. The number of pyridine rings is 1. The molecule has 0 bridgehead atoms. The van der Waals surface area contributed by atoms with Crippen LogP contribution < -0.4 is 4.90 Å². The van der Waals surface area contributed by atoms with Gasteiger partial charge in [-0.05, 0) is 30.3 Å². The molecule has 0 saturated carbocycles. The summed E-state index contributed by atoms with van der Waals surface area (Å²) in [7, 11) is 0. The van der Waals surface area contributed by atoms with Crippen molar-refractivity contribution in [1.82, 2.24) is 4.98 Å². The molecule has 0 N–H and O–H groups in total. The minimum Gasteiger partial charge on any atom is -0.378 e. The quantitative estimate of drug-likeness (QED) is 0.806. The summed E-state index contributed by atoms with van der Waals surface area (Å²) in [5.74, 6) is 0.965. The largest absolute Gasteiger partial charge is 0.378 e. The molecule has 1 unspecified atom stereocenters. The van der Waals surface area contributed by atoms with Crippen molar-refractivity contribution >= 4 is 16.7 Å². The van der Waals surface area contributed by atoms with Crippen LogP contribution in [0.1, 0.15) is 12.0 Å². The van der Waals surface area contributed by atoms with Crippen molar-refractivity contribution in [2.24, 2.45) is 0 Å². The summed E-state index contributed by atoms with van der Waals surface area (Å²) in [6, 6.07) is 11.8. The number of nitrogens with zero attached hydrogens (tertiary/aromatic N) is 3. The van der Waals surface area contributed by atoms with Crippen LogP contribution in [0, 0.1) is 11.3 Å². The maximum atomic E-state index is 8.97. The summed E-state index contributed by atoms with van der Waals surface area (Å²) in [6.45, 7) is 3.81. The molecule has 5 heteroatoms. The molecule has 112 valence electrons. The first kappa shape index (κ1) is 13.5. The Morgan fingerprint density at radius 2 is 2.18 bits per heavy atom. The molecule has 5 nitrogen and oxygen atoms in total. The molecule has 2 saturated heterocycles. The van der Waals surface area contributed by atoms with Crippen LogP contribution in [0.3, 0.4) is 0 Å². The highest BCUT2D eigenvalue weighted by atomic mass is 16.6. The summed E-state index contributed by atoms with van der Waals surface area (Å²) in [5.41, 5.74) is 1.41. The summed E-state index contributed by atoms with van der Waals surface area (Å²) >= 11 is 0. The molecule has 0 aliphatic carbocycles. The fourth-order valence-electron chi connectivity index (χ4n) is 3.23. The smallest absolute Gasteiger partial charge is 0.129 e. The third kappa shape index (κ3) is 2.31. The second-order valence-corrected chi connectivity index (χ2v) is 5.94. The standard InChI is InChI=1S/C17H17N3O2/c18-10-13-1-3-15-14(9-13)2-4-16(19-15)20-6-8-22-17(11-20)5-7-21-12-17/h1-4,9H,5-8,11-12H2. The molecule has 0 amide bonds. The van der Waals surface area contributed by atoms with Crippen molar-refractivity contribution in [3.05, 3.63) is 35.9 Å². The van der Waals surface area contributed by atoms with Crippen LogP contribution >= 0.6 is 0 Å². The fraction of sp³-hybridized carbons (Fsp3) is 0.412. The monoisotopic (exact) mass is 295 g/mol. The average Bonchev–Trinajstić information content (AvgIpc) is 3.01. The molecule has 1 aromatic carbocycles. The number of benzene rings is 1. The van der Waals surface area contributed by atoms with E-state index in [1.54, 1.807) is 0 Å². The van der Waals surface area contributed by atoms with Crippen LogP contribution in [0.15, 0.2) is 30.3 Å². The SMILES string of the molecule is N#Cc1ccc2nc(N3CCOC4(CCOC4)C3)ccc2c1. The zero-order valence-electron chi connectivity index (χ0n) is 12.3. The number of hydrogen-bond donors (Lipinski definition) is 0. The van der Waals surface area contributed by atoms with E-state index < -0.39 is 0 Å². The molecular formula is C17H17N3O2. The molecule has 1 aromatic heterocycles. The van der Waals surface area contributed by atoms with Crippen LogP contribution in [0.25, 0.3) is 10.9 Å². The van der Waals surface area contributed by atoms with Crippen LogP contribution in [0.4, 0.5) is 5.82 Å². The number of rotatable bonds is 1. The number of hydrogen-bond acceptors (Lipinski definition) is 5. The van der Waals surface area contributed by atoms with Crippen LogP contribution in [-0.4, -0.2) is 43.5 Å². The van der Waals surface area contributed by atoms with Crippen molar-refractivity contribution in [1.29, 1.82) is 5.26 Å². The maximum absolute atomic E-state index is 8.97. The number of fused-ring (bicyclic) bond motifs is 1. The van der Waals surface area contributed by atoms with Gasteiger partial charge in [-0.1, -0.05) is 0 Å². The minimum atomic E-state index is -0.167. The van der Waals surface area contributed by atoms with E-state index in [0.717, 1.165) is 42.8 Å². The highest BCUT2D eigenvalue weighted by Crippen LogP contribution is 2.30. The first-order valence-electron chi connectivity index (χ1n) is 7.56. The van der Waals surface area contributed by atoms with Crippen LogP contribution in [0.2, 0.25) is 0 Å². The maximum Gasteiger partial charge on any atom is 0.129 e. The van der Waals surface area contributed by atoms with E-state index in [0.29, 0.717) is 18.8 Å². The molecule has 2 aliphatic rings. The topological polar surface area (TPSA) is 58.4 Å². The predicted molar refractivity (Wildman–Crippen MR) is 82.8 cm³/mol. The molecule has 2 aromatic rings. The molecular weight excluding hydrogens is 278 g/mol. The van der Waals surface area contributed by atoms with Crippen LogP contribution in [-0.2, 0) is 9.47 Å². The lowest BCUT2D eigenvalue weighted by atomic mass is 10.0. The summed E-state index contributed by atoms with van der Waals surface area (Å²) in [4.78, 5) is 7.02. The Kier molecular flexibility index (Phi) is 3.21. The Hall–Kier alpha value is -2.16. The molecule has 2 aliphatic heterocycles.